The number of β-amino-alcohol motifs (C(OH)–C–C–N with tert-alkyl or cyclic N) is 1. The molecule has 5 heterocycles. The lowest BCUT2D eigenvalue weighted by atomic mass is 9.92. The van der Waals surface area contributed by atoms with Crippen molar-refractivity contribution in [3.8, 4) is 0 Å². The SMILES string of the molecule is OC1(CN2CCC(c3nnc4ccc(N5CCC5)nn34)CC2)CCCOC1. The minimum atomic E-state index is -0.680. The Morgan fingerprint density at radius 1 is 1.11 bits per heavy atom. The summed E-state index contributed by atoms with van der Waals surface area (Å²) in [5.41, 5.74) is 0.144. The molecule has 0 aromatic carbocycles. The number of nitrogens with zero attached hydrogens (tertiary/aromatic N) is 6. The highest BCUT2D eigenvalue weighted by Gasteiger charge is 2.34. The quantitative estimate of drug-likeness (QED) is 0.859. The van der Waals surface area contributed by atoms with Crippen molar-refractivity contribution in [2.45, 2.75) is 43.6 Å². The Hall–Kier alpha value is -1.77. The number of anilines is 1. The van der Waals surface area contributed by atoms with Crippen LogP contribution in [0.25, 0.3) is 5.65 Å². The number of likely N-dealkylation sites (tertiary alicyclic amines) is 1. The Balaban J connectivity index is 1.26. The summed E-state index contributed by atoms with van der Waals surface area (Å²) in [6, 6.07) is 4.06. The Kier molecular flexibility index (Phi) is 4.49. The van der Waals surface area contributed by atoms with Crippen LogP contribution < -0.4 is 4.90 Å². The number of aromatic nitrogens is 4. The van der Waals surface area contributed by atoms with Gasteiger partial charge in [0.15, 0.2) is 11.5 Å². The Morgan fingerprint density at radius 2 is 1.96 bits per heavy atom. The molecule has 0 bridgehead atoms. The van der Waals surface area contributed by atoms with E-state index in [1.165, 1.54) is 6.42 Å². The number of hydrogen-bond donors (Lipinski definition) is 1. The van der Waals surface area contributed by atoms with Crippen LogP contribution in [0.2, 0.25) is 0 Å². The molecule has 1 atom stereocenters. The second kappa shape index (κ2) is 7.00. The van der Waals surface area contributed by atoms with Gasteiger partial charge in [0, 0.05) is 32.2 Å². The first-order chi connectivity index (χ1) is 13.2. The number of fused-ring (bicyclic) bond motifs is 1. The fraction of sp³-hybridized carbons (Fsp3) is 0.737. The summed E-state index contributed by atoms with van der Waals surface area (Å²) in [7, 11) is 0. The number of ether oxygens (including phenoxy) is 1. The van der Waals surface area contributed by atoms with Crippen LogP contribution in [0.1, 0.15) is 43.8 Å². The number of rotatable bonds is 4. The third kappa shape index (κ3) is 3.41. The molecule has 0 spiro atoms. The zero-order chi connectivity index (χ0) is 18.3. The number of hydrogen-bond acceptors (Lipinski definition) is 7. The van der Waals surface area contributed by atoms with E-state index in [0.717, 1.165) is 75.8 Å². The maximum atomic E-state index is 10.7. The van der Waals surface area contributed by atoms with Gasteiger partial charge < -0.3 is 19.6 Å². The molecule has 0 radical (unpaired) electrons. The van der Waals surface area contributed by atoms with Gasteiger partial charge in [-0.15, -0.1) is 15.3 Å². The van der Waals surface area contributed by atoms with E-state index in [-0.39, 0.29) is 0 Å². The van der Waals surface area contributed by atoms with Gasteiger partial charge in [-0.1, -0.05) is 0 Å². The van der Waals surface area contributed by atoms with Crippen molar-refractivity contribution in [3.05, 3.63) is 18.0 Å². The minimum absolute atomic E-state index is 0.368. The molecule has 2 aromatic heterocycles. The highest BCUT2D eigenvalue weighted by molar-refractivity contribution is 5.47. The highest BCUT2D eigenvalue weighted by Crippen LogP contribution is 2.29. The topological polar surface area (TPSA) is 79.0 Å². The molecule has 5 rings (SSSR count). The summed E-state index contributed by atoms with van der Waals surface area (Å²) in [6.07, 6.45) is 5.07. The van der Waals surface area contributed by atoms with Crippen LogP contribution in [-0.4, -0.2) is 81.4 Å². The molecule has 8 heteroatoms. The van der Waals surface area contributed by atoms with Gasteiger partial charge in [-0.05, 0) is 57.3 Å². The normalized spacial score (nSPS) is 27.8. The van der Waals surface area contributed by atoms with E-state index >= 15 is 0 Å². The molecule has 3 aliphatic heterocycles. The largest absolute Gasteiger partial charge is 0.386 e. The first-order valence-electron chi connectivity index (χ1n) is 10.2. The van der Waals surface area contributed by atoms with E-state index in [1.807, 2.05) is 16.6 Å². The van der Waals surface area contributed by atoms with Crippen LogP contribution in [0.15, 0.2) is 12.1 Å². The summed E-state index contributed by atoms with van der Waals surface area (Å²) in [5.74, 6) is 2.37. The second-order valence-corrected chi connectivity index (χ2v) is 8.29. The van der Waals surface area contributed by atoms with Crippen LogP contribution in [0.5, 0.6) is 0 Å². The van der Waals surface area contributed by atoms with Crippen LogP contribution in [0, 0.1) is 0 Å². The van der Waals surface area contributed by atoms with Crippen molar-refractivity contribution in [1.29, 1.82) is 0 Å². The molecule has 8 nitrogen and oxygen atoms in total. The minimum Gasteiger partial charge on any atom is -0.386 e. The van der Waals surface area contributed by atoms with Crippen molar-refractivity contribution in [2.75, 3.05) is 50.8 Å². The predicted molar refractivity (Wildman–Crippen MR) is 101 cm³/mol. The molecule has 0 aliphatic carbocycles. The lowest BCUT2D eigenvalue weighted by molar-refractivity contribution is -0.102. The summed E-state index contributed by atoms with van der Waals surface area (Å²) in [5, 5.41) is 24.3. The standard InChI is InChI=1S/C19H28N6O2/c26-19(7-1-12-27-14-19)13-23-10-5-15(6-11-23)18-21-20-16-3-4-17(22-25(16)18)24-8-2-9-24/h3-4,15,26H,1-2,5-14H2. The molecule has 0 saturated carbocycles. The molecule has 2 aromatic rings. The van der Waals surface area contributed by atoms with E-state index < -0.39 is 5.60 Å². The van der Waals surface area contributed by atoms with Gasteiger partial charge >= 0.3 is 0 Å². The van der Waals surface area contributed by atoms with Gasteiger partial charge in [-0.3, -0.25) is 0 Å². The first kappa shape index (κ1) is 17.3. The molecule has 27 heavy (non-hydrogen) atoms. The monoisotopic (exact) mass is 372 g/mol. The molecule has 3 fully saturated rings. The zero-order valence-electron chi connectivity index (χ0n) is 15.8. The Labute approximate surface area is 159 Å². The van der Waals surface area contributed by atoms with E-state index in [9.17, 15) is 5.11 Å². The van der Waals surface area contributed by atoms with Crippen LogP contribution >= 0.6 is 0 Å². The molecule has 3 saturated heterocycles. The van der Waals surface area contributed by atoms with Gasteiger partial charge in [0.1, 0.15) is 11.4 Å². The van der Waals surface area contributed by atoms with Gasteiger partial charge in [-0.2, -0.15) is 4.52 Å². The summed E-state index contributed by atoms with van der Waals surface area (Å²) in [6.45, 7) is 6.04. The molecular weight excluding hydrogens is 344 g/mol. The van der Waals surface area contributed by atoms with Gasteiger partial charge in [0.25, 0.3) is 0 Å². The van der Waals surface area contributed by atoms with Gasteiger partial charge in [-0.25, -0.2) is 0 Å². The molecular formula is C19H28N6O2. The zero-order valence-corrected chi connectivity index (χ0v) is 15.8. The average molecular weight is 372 g/mol. The number of piperidine rings is 1. The molecule has 3 aliphatic rings. The van der Waals surface area contributed by atoms with Crippen molar-refractivity contribution < 1.29 is 9.84 Å². The van der Waals surface area contributed by atoms with Crippen molar-refractivity contribution in [2.24, 2.45) is 0 Å². The van der Waals surface area contributed by atoms with Crippen molar-refractivity contribution >= 4 is 11.5 Å². The maximum Gasteiger partial charge on any atom is 0.178 e. The third-order valence-corrected chi connectivity index (χ3v) is 6.23. The van der Waals surface area contributed by atoms with Gasteiger partial charge in [0.2, 0.25) is 0 Å². The highest BCUT2D eigenvalue weighted by atomic mass is 16.5. The molecule has 146 valence electrons. The Morgan fingerprint density at radius 3 is 2.67 bits per heavy atom. The summed E-state index contributed by atoms with van der Waals surface area (Å²) in [4.78, 5) is 4.66. The fourth-order valence-corrected chi connectivity index (χ4v) is 4.49. The smallest absolute Gasteiger partial charge is 0.178 e. The molecule has 1 unspecified atom stereocenters. The molecule has 1 N–H and O–H groups in total. The average Bonchev–Trinajstić information content (AvgIpc) is 3.05. The first-order valence-corrected chi connectivity index (χ1v) is 10.2. The number of aliphatic hydroxyl groups is 1. The maximum absolute atomic E-state index is 10.7. The Bertz CT molecular complexity index is 791. The molecule has 0 amide bonds. The predicted octanol–water partition coefficient (Wildman–Crippen LogP) is 1.06. The fourth-order valence-electron chi connectivity index (χ4n) is 4.49. The lowest BCUT2D eigenvalue weighted by Gasteiger charge is -2.39. The second-order valence-electron chi connectivity index (χ2n) is 8.29. The van der Waals surface area contributed by atoms with Crippen LogP contribution in [0.3, 0.4) is 0 Å². The lowest BCUT2D eigenvalue weighted by Crippen LogP contribution is -2.50. The van der Waals surface area contributed by atoms with E-state index in [2.05, 4.69) is 20.0 Å². The summed E-state index contributed by atoms with van der Waals surface area (Å²) < 4.78 is 7.43. The van der Waals surface area contributed by atoms with E-state index in [4.69, 9.17) is 9.84 Å². The van der Waals surface area contributed by atoms with Crippen LogP contribution in [-0.2, 0) is 4.74 Å². The van der Waals surface area contributed by atoms with Crippen LogP contribution in [0.4, 0.5) is 5.82 Å². The van der Waals surface area contributed by atoms with Crippen molar-refractivity contribution in [1.82, 2.24) is 24.7 Å². The van der Waals surface area contributed by atoms with Crippen molar-refractivity contribution in [3.63, 3.8) is 0 Å². The van der Waals surface area contributed by atoms with E-state index in [0.29, 0.717) is 19.1 Å². The van der Waals surface area contributed by atoms with Gasteiger partial charge in [0.05, 0.1) is 6.61 Å². The summed E-state index contributed by atoms with van der Waals surface area (Å²) >= 11 is 0. The third-order valence-electron chi connectivity index (χ3n) is 6.23. The van der Waals surface area contributed by atoms with E-state index in [1.54, 1.807) is 0 Å².